The average Bonchev–Trinajstić information content (AvgIpc) is 2.36. The molecule has 1 rings (SSSR count). The van der Waals surface area contributed by atoms with Crippen LogP contribution in [0.4, 0.5) is 0 Å². The van der Waals surface area contributed by atoms with Crippen molar-refractivity contribution in [2.75, 3.05) is 20.2 Å². The Kier molecular flexibility index (Phi) is 6.25. The van der Waals surface area contributed by atoms with Crippen LogP contribution in [0.1, 0.15) is 31.9 Å². The maximum absolute atomic E-state index is 5.67. The molecule has 0 spiro atoms. The van der Waals surface area contributed by atoms with Gasteiger partial charge in [-0.2, -0.15) is 0 Å². The molecule has 0 atom stereocenters. The fourth-order valence-electron chi connectivity index (χ4n) is 2.12. The molecular formula is C15H24N2OS. The van der Waals surface area contributed by atoms with Crippen LogP contribution in [0.5, 0.6) is 5.75 Å². The number of thiocarbonyl (C=S) groups is 1. The van der Waals surface area contributed by atoms with Crippen LogP contribution in [0.25, 0.3) is 0 Å². The van der Waals surface area contributed by atoms with Crippen LogP contribution in [0, 0.1) is 5.92 Å². The van der Waals surface area contributed by atoms with E-state index < -0.39 is 0 Å². The molecule has 4 heteroatoms. The van der Waals surface area contributed by atoms with Gasteiger partial charge < -0.3 is 10.5 Å². The molecule has 2 N–H and O–H groups in total. The number of benzene rings is 1. The van der Waals surface area contributed by atoms with Crippen molar-refractivity contribution in [3.8, 4) is 5.75 Å². The fraction of sp³-hybridized carbons (Fsp3) is 0.533. The lowest BCUT2D eigenvalue weighted by atomic mass is 10.1. The van der Waals surface area contributed by atoms with Crippen LogP contribution in [0.2, 0.25) is 0 Å². The summed E-state index contributed by atoms with van der Waals surface area (Å²) < 4.78 is 5.36. The third-order valence-electron chi connectivity index (χ3n) is 3.01. The van der Waals surface area contributed by atoms with Gasteiger partial charge in [0.25, 0.3) is 0 Å². The highest BCUT2D eigenvalue weighted by Crippen LogP contribution is 2.21. The van der Waals surface area contributed by atoms with Crippen LogP contribution < -0.4 is 10.5 Å². The van der Waals surface area contributed by atoms with Gasteiger partial charge in [0.05, 0.1) is 12.7 Å². The Morgan fingerprint density at radius 1 is 1.42 bits per heavy atom. The molecule has 19 heavy (non-hydrogen) atoms. The van der Waals surface area contributed by atoms with E-state index in [1.54, 1.807) is 7.11 Å². The van der Waals surface area contributed by atoms with E-state index in [1.165, 1.54) is 5.56 Å². The topological polar surface area (TPSA) is 38.5 Å². The molecule has 1 aromatic carbocycles. The van der Waals surface area contributed by atoms with E-state index >= 15 is 0 Å². The molecule has 0 bridgehead atoms. The zero-order chi connectivity index (χ0) is 14.4. The molecule has 106 valence electrons. The molecule has 0 radical (unpaired) electrons. The highest BCUT2D eigenvalue weighted by atomic mass is 32.1. The predicted octanol–water partition coefficient (Wildman–Crippen LogP) is 2.81. The summed E-state index contributed by atoms with van der Waals surface area (Å²) in [4.78, 5) is 2.79. The Labute approximate surface area is 121 Å². The Bertz CT molecular complexity index is 432. The molecule has 0 aliphatic heterocycles. The van der Waals surface area contributed by atoms with Gasteiger partial charge in [0, 0.05) is 13.1 Å². The van der Waals surface area contributed by atoms with Crippen molar-refractivity contribution < 1.29 is 4.74 Å². The standard InChI is InChI=1S/C15H24N2OS/c1-5-17(9-11(2)3)10-12-6-7-13(15(16)19)14(8-12)18-4/h6-8,11H,5,9-10H2,1-4H3,(H2,16,19). The lowest BCUT2D eigenvalue weighted by molar-refractivity contribution is 0.248. The van der Waals surface area contributed by atoms with Crippen molar-refractivity contribution in [3.05, 3.63) is 29.3 Å². The minimum absolute atomic E-state index is 0.373. The van der Waals surface area contributed by atoms with E-state index in [0.717, 1.165) is 30.9 Å². The van der Waals surface area contributed by atoms with Crippen LogP contribution in [0.15, 0.2) is 18.2 Å². The van der Waals surface area contributed by atoms with E-state index in [0.29, 0.717) is 10.9 Å². The Morgan fingerprint density at radius 3 is 2.58 bits per heavy atom. The minimum atomic E-state index is 0.373. The van der Waals surface area contributed by atoms with Crippen LogP contribution in [-0.2, 0) is 6.54 Å². The first-order chi connectivity index (χ1) is 8.97. The third kappa shape index (κ3) is 4.80. The number of rotatable bonds is 7. The first-order valence-corrected chi connectivity index (χ1v) is 7.07. The van der Waals surface area contributed by atoms with E-state index in [9.17, 15) is 0 Å². The monoisotopic (exact) mass is 280 g/mol. The number of hydrogen-bond donors (Lipinski definition) is 1. The van der Waals surface area contributed by atoms with Gasteiger partial charge in [-0.25, -0.2) is 0 Å². The van der Waals surface area contributed by atoms with E-state index in [4.69, 9.17) is 22.7 Å². The molecule has 0 heterocycles. The van der Waals surface area contributed by atoms with Gasteiger partial charge >= 0.3 is 0 Å². The molecule has 0 amide bonds. The second-order valence-electron chi connectivity index (χ2n) is 5.12. The zero-order valence-corrected chi connectivity index (χ0v) is 13.1. The quantitative estimate of drug-likeness (QED) is 0.780. The molecule has 0 aromatic heterocycles. The lowest BCUT2D eigenvalue weighted by Crippen LogP contribution is -2.27. The van der Waals surface area contributed by atoms with Crippen LogP contribution in [0.3, 0.4) is 0 Å². The Hall–Kier alpha value is -1.13. The predicted molar refractivity (Wildman–Crippen MR) is 84.7 cm³/mol. The van der Waals surface area contributed by atoms with Crippen LogP contribution in [-0.4, -0.2) is 30.1 Å². The number of nitrogens with two attached hydrogens (primary N) is 1. The number of methoxy groups -OCH3 is 1. The van der Waals surface area contributed by atoms with Crippen molar-refractivity contribution in [1.29, 1.82) is 0 Å². The van der Waals surface area contributed by atoms with Gasteiger partial charge in [-0.3, -0.25) is 4.90 Å². The number of hydrogen-bond acceptors (Lipinski definition) is 3. The van der Waals surface area contributed by atoms with E-state index in [1.807, 2.05) is 12.1 Å². The second-order valence-corrected chi connectivity index (χ2v) is 5.56. The average molecular weight is 280 g/mol. The first kappa shape index (κ1) is 15.9. The van der Waals surface area contributed by atoms with Gasteiger partial charge in [-0.15, -0.1) is 0 Å². The molecular weight excluding hydrogens is 256 g/mol. The lowest BCUT2D eigenvalue weighted by Gasteiger charge is -2.23. The molecule has 0 saturated heterocycles. The molecule has 0 aliphatic carbocycles. The summed E-state index contributed by atoms with van der Waals surface area (Å²) in [6.07, 6.45) is 0. The summed E-state index contributed by atoms with van der Waals surface area (Å²) in [6.45, 7) is 9.71. The van der Waals surface area contributed by atoms with Crippen molar-refractivity contribution >= 4 is 17.2 Å². The minimum Gasteiger partial charge on any atom is -0.496 e. The summed E-state index contributed by atoms with van der Waals surface area (Å²) in [5.41, 5.74) is 7.70. The SMILES string of the molecule is CCN(Cc1ccc(C(N)=S)c(OC)c1)CC(C)C. The van der Waals surface area contributed by atoms with E-state index in [2.05, 4.69) is 31.7 Å². The van der Waals surface area contributed by atoms with Crippen LogP contribution >= 0.6 is 12.2 Å². The first-order valence-electron chi connectivity index (χ1n) is 6.67. The van der Waals surface area contributed by atoms with Crippen molar-refractivity contribution in [2.45, 2.75) is 27.3 Å². The normalized spacial score (nSPS) is 11.1. The van der Waals surface area contributed by atoms with Crippen molar-refractivity contribution in [2.24, 2.45) is 11.7 Å². The summed E-state index contributed by atoms with van der Waals surface area (Å²) in [6, 6.07) is 6.04. The smallest absolute Gasteiger partial charge is 0.129 e. The van der Waals surface area contributed by atoms with Gasteiger partial charge in [0.1, 0.15) is 10.7 Å². The fourth-order valence-corrected chi connectivity index (χ4v) is 2.29. The summed E-state index contributed by atoms with van der Waals surface area (Å²) in [5, 5.41) is 0. The molecule has 3 nitrogen and oxygen atoms in total. The highest BCUT2D eigenvalue weighted by Gasteiger charge is 2.10. The largest absolute Gasteiger partial charge is 0.496 e. The molecule has 0 aliphatic rings. The summed E-state index contributed by atoms with van der Waals surface area (Å²) >= 11 is 5.01. The maximum Gasteiger partial charge on any atom is 0.129 e. The zero-order valence-electron chi connectivity index (χ0n) is 12.3. The van der Waals surface area contributed by atoms with Crippen molar-refractivity contribution in [3.63, 3.8) is 0 Å². The second kappa shape index (κ2) is 7.46. The molecule has 0 unspecified atom stereocenters. The summed E-state index contributed by atoms with van der Waals surface area (Å²) in [7, 11) is 1.65. The maximum atomic E-state index is 5.67. The van der Waals surface area contributed by atoms with Gasteiger partial charge in [-0.1, -0.05) is 39.1 Å². The Morgan fingerprint density at radius 2 is 2.11 bits per heavy atom. The molecule has 0 fully saturated rings. The highest BCUT2D eigenvalue weighted by molar-refractivity contribution is 7.80. The number of nitrogens with zero attached hydrogens (tertiary/aromatic N) is 1. The van der Waals surface area contributed by atoms with Gasteiger partial charge in [0.2, 0.25) is 0 Å². The van der Waals surface area contributed by atoms with Gasteiger partial charge in [-0.05, 0) is 30.2 Å². The number of ether oxygens (including phenoxy) is 1. The molecule has 1 aromatic rings. The third-order valence-corrected chi connectivity index (χ3v) is 3.23. The summed E-state index contributed by atoms with van der Waals surface area (Å²) in [5.74, 6) is 1.42. The molecule has 0 saturated carbocycles. The van der Waals surface area contributed by atoms with Crippen molar-refractivity contribution in [1.82, 2.24) is 4.90 Å². The van der Waals surface area contributed by atoms with E-state index in [-0.39, 0.29) is 0 Å². The van der Waals surface area contributed by atoms with Gasteiger partial charge in [0.15, 0.2) is 0 Å². The Balaban J connectivity index is 2.87.